The van der Waals surface area contributed by atoms with Gasteiger partial charge >= 0.3 is 0 Å². The predicted octanol–water partition coefficient (Wildman–Crippen LogP) is 4.00. The van der Waals surface area contributed by atoms with Crippen molar-refractivity contribution in [1.82, 2.24) is 0 Å². The molecule has 1 amide bonds. The van der Waals surface area contributed by atoms with Crippen LogP contribution in [0, 0.1) is 6.92 Å². The minimum Gasteiger partial charge on any atom is -0.325 e. The molecule has 1 N–H and O–H groups in total. The highest BCUT2D eigenvalue weighted by Crippen LogP contribution is 2.22. The molecule has 1 aromatic carbocycles. The van der Waals surface area contributed by atoms with Crippen molar-refractivity contribution in [2.45, 2.75) is 26.2 Å². The summed E-state index contributed by atoms with van der Waals surface area (Å²) in [5.41, 5.74) is 1.74. The van der Waals surface area contributed by atoms with Crippen molar-refractivity contribution in [2.24, 2.45) is 0 Å². The fraction of sp³-hybridized carbons (Fsp3) is 0.417. The first-order valence-corrected chi connectivity index (χ1v) is 6.16. The summed E-state index contributed by atoms with van der Waals surface area (Å²) in [4.78, 5) is 11.5. The number of benzene rings is 1. The van der Waals surface area contributed by atoms with Crippen LogP contribution in [0.15, 0.2) is 18.2 Å². The maximum absolute atomic E-state index is 11.5. The van der Waals surface area contributed by atoms with Gasteiger partial charge in [-0.25, -0.2) is 0 Å². The fourth-order valence-electron chi connectivity index (χ4n) is 1.31. The number of halogens is 2. The molecule has 0 aliphatic rings. The summed E-state index contributed by atoms with van der Waals surface area (Å²) in [5, 5.41) is 3.36. The van der Waals surface area contributed by atoms with Gasteiger partial charge in [-0.15, -0.1) is 11.6 Å². The summed E-state index contributed by atoms with van der Waals surface area (Å²) in [7, 11) is 0. The second-order valence-corrected chi connectivity index (χ2v) is 4.46. The van der Waals surface area contributed by atoms with Gasteiger partial charge in [0.1, 0.15) is 0 Å². The molecule has 0 saturated heterocycles. The van der Waals surface area contributed by atoms with Crippen LogP contribution in [0.5, 0.6) is 0 Å². The summed E-state index contributed by atoms with van der Waals surface area (Å²) < 4.78 is 0. The molecular weight excluding hydrogens is 245 g/mol. The maximum Gasteiger partial charge on any atom is 0.224 e. The minimum atomic E-state index is -0.0177. The molecule has 0 bridgehead atoms. The lowest BCUT2D eigenvalue weighted by Crippen LogP contribution is -2.11. The molecule has 1 rings (SSSR count). The third kappa shape index (κ3) is 4.42. The van der Waals surface area contributed by atoms with E-state index in [9.17, 15) is 4.79 Å². The number of nitrogens with one attached hydrogen (secondary N) is 1. The van der Waals surface area contributed by atoms with Gasteiger partial charge in [0.2, 0.25) is 5.91 Å². The summed E-state index contributed by atoms with van der Waals surface area (Å²) in [6, 6.07) is 5.56. The van der Waals surface area contributed by atoms with Crippen molar-refractivity contribution in [1.29, 1.82) is 0 Å². The van der Waals surface area contributed by atoms with E-state index >= 15 is 0 Å². The zero-order valence-electron chi connectivity index (χ0n) is 9.22. The Morgan fingerprint density at radius 1 is 1.38 bits per heavy atom. The van der Waals surface area contributed by atoms with Crippen molar-refractivity contribution >= 4 is 34.8 Å². The molecule has 16 heavy (non-hydrogen) atoms. The first-order chi connectivity index (χ1) is 7.63. The number of rotatable bonds is 5. The van der Waals surface area contributed by atoms with Crippen LogP contribution in [0.2, 0.25) is 5.02 Å². The Bertz CT molecular complexity index is 366. The molecule has 0 saturated carbocycles. The Morgan fingerprint density at radius 3 is 2.75 bits per heavy atom. The van der Waals surface area contributed by atoms with Crippen molar-refractivity contribution < 1.29 is 4.79 Å². The van der Waals surface area contributed by atoms with E-state index in [1.54, 1.807) is 0 Å². The average Bonchev–Trinajstić information content (AvgIpc) is 2.23. The number of aryl methyl sites for hydroxylation is 1. The molecule has 0 radical (unpaired) electrons. The molecule has 0 aliphatic heterocycles. The van der Waals surface area contributed by atoms with Crippen molar-refractivity contribution in [3.63, 3.8) is 0 Å². The average molecular weight is 260 g/mol. The van der Waals surface area contributed by atoms with E-state index < -0.39 is 0 Å². The molecule has 0 fully saturated rings. The van der Waals surface area contributed by atoms with E-state index in [-0.39, 0.29) is 5.91 Å². The van der Waals surface area contributed by atoms with Crippen LogP contribution in [0.25, 0.3) is 0 Å². The maximum atomic E-state index is 11.5. The van der Waals surface area contributed by atoms with Crippen LogP contribution < -0.4 is 5.32 Å². The molecule has 0 atom stereocenters. The summed E-state index contributed by atoms with van der Waals surface area (Å²) in [5.74, 6) is 0.578. The number of carbonyl (C=O) groups is 1. The van der Waals surface area contributed by atoms with Gasteiger partial charge in [-0.2, -0.15) is 0 Å². The topological polar surface area (TPSA) is 29.1 Å². The van der Waals surface area contributed by atoms with Gasteiger partial charge in [-0.3, -0.25) is 4.79 Å². The quantitative estimate of drug-likeness (QED) is 0.629. The molecule has 0 heterocycles. The Balaban J connectivity index is 2.49. The lowest BCUT2D eigenvalue weighted by Gasteiger charge is -2.07. The monoisotopic (exact) mass is 259 g/mol. The molecule has 1 aromatic rings. The van der Waals surface area contributed by atoms with Gasteiger partial charge in [0.15, 0.2) is 0 Å². The van der Waals surface area contributed by atoms with Gasteiger partial charge in [0.05, 0.1) is 10.7 Å². The van der Waals surface area contributed by atoms with Gasteiger partial charge in [-0.1, -0.05) is 17.7 Å². The van der Waals surface area contributed by atoms with Crippen molar-refractivity contribution in [2.75, 3.05) is 11.2 Å². The number of hydrogen-bond acceptors (Lipinski definition) is 1. The van der Waals surface area contributed by atoms with Gasteiger partial charge < -0.3 is 5.32 Å². The number of unbranched alkanes of at least 4 members (excludes halogenated alkanes) is 1. The zero-order chi connectivity index (χ0) is 12.0. The normalized spacial score (nSPS) is 10.2. The van der Waals surface area contributed by atoms with E-state index in [1.807, 2.05) is 25.1 Å². The molecule has 88 valence electrons. The van der Waals surface area contributed by atoms with Crippen molar-refractivity contribution in [3.05, 3.63) is 28.8 Å². The SMILES string of the molecule is Cc1ccc(NC(=O)CCCCCl)c(Cl)c1. The summed E-state index contributed by atoms with van der Waals surface area (Å²) >= 11 is 11.5. The summed E-state index contributed by atoms with van der Waals surface area (Å²) in [6.45, 7) is 1.96. The van der Waals surface area contributed by atoms with Crippen LogP contribution >= 0.6 is 23.2 Å². The number of alkyl halides is 1. The largest absolute Gasteiger partial charge is 0.325 e. The smallest absolute Gasteiger partial charge is 0.224 e. The van der Waals surface area contributed by atoms with E-state index in [1.165, 1.54) is 0 Å². The fourth-order valence-corrected chi connectivity index (χ4v) is 1.79. The van der Waals surface area contributed by atoms with Crippen LogP contribution in [0.4, 0.5) is 5.69 Å². The highest BCUT2D eigenvalue weighted by Gasteiger charge is 2.05. The number of hydrogen-bond donors (Lipinski definition) is 1. The van der Waals surface area contributed by atoms with Gasteiger partial charge in [-0.05, 0) is 37.5 Å². The lowest BCUT2D eigenvalue weighted by atomic mass is 10.2. The molecule has 0 spiro atoms. The minimum absolute atomic E-state index is 0.0177. The van der Waals surface area contributed by atoms with Crippen LogP contribution in [0.1, 0.15) is 24.8 Å². The van der Waals surface area contributed by atoms with E-state index in [0.29, 0.717) is 23.0 Å². The number of amides is 1. The Kier molecular flexibility index (Phi) is 5.64. The number of anilines is 1. The highest BCUT2D eigenvalue weighted by atomic mass is 35.5. The summed E-state index contributed by atoms with van der Waals surface area (Å²) in [6.07, 6.45) is 2.15. The van der Waals surface area contributed by atoms with E-state index in [2.05, 4.69) is 5.32 Å². The Labute approximate surface area is 106 Å². The highest BCUT2D eigenvalue weighted by molar-refractivity contribution is 6.33. The van der Waals surface area contributed by atoms with E-state index in [0.717, 1.165) is 18.4 Å². The van der Waals surface area contributed by atoms with Crippen LogP contribution in [0.3, 0.4) is 0 Å². The predicted molar refractivity (Wildman–Crippen MR) is 69.4 cm³/mol. The second-order valence-electron chi connectivity index (χ2n) is 3.68. The van der Waals surface area contributed by atoms with Gasteiger partial charge in [0.25, 0.3) is 0 Å². The van der Waals surface area contributed by atoms with Crippen LogP contribution in [-0.2, 0) is 4.79 Å². The first kappa shape index (κ1) is 13.3. The number of carbonyl (C=O) groups excluding carboxylic acids is 1. The molecule has 0 aliphatic carbocycles. The third-order valence-electron chi connectivity index (χ3n) is 2.19. The molecule has 4 heteroatoms. The lowest BCUT2D eigenvalue weighted by molar-refractivity contribution is -0.116. The Hall–Kier alpha value is -0.730. The zero-order valence-corrected chi connectivity index (χ0v) is 10.7. The molecule has 0 unspecified atom stereocenters. The van der Waals surface area contributed by atoms with Crippen molar-refractivity contribution in [3.8, 4) is 0 Å². The molecular formula is C12H15Cl2NO. The third-order valence-corrected chi connectivity index (χ3v) is 2.77. The Morgan fingerprint density at radius 2 is 2.12 bits per heavy atom. The molecule has 0 aromatic heterocycles. The first-order valence-electron chi connectivity index (χ1n) is 5.25. The van der Waals surface area contributed by atoms with Gasteiger partial charge in [0, 0.05) is 12.3 Å². The second kappa shape index (κ2) is 6.77. The van der Waals surface area contributed by atoms with E-state index in [4.69, 9.17) is 23.2 Å². The molecule has 2 nitrogen and oxygen atoms in total. The standard InChI is InChI=1S/C12H15Cl2NO/c1-9-5-6-11(10(14)8-9)15-12(16)4-2-3-7-13/h5-6,8H,2-4,7H2,1H3,(H,15,16). The van der Waals surface area contributed by atoms with Crippen LogP contribution in [-0.4, -0.2) is 11.8 Å².